The van der Waals surface area contributed by atoms with E-state index in [9.17, 15) is 9.59 Å². The van der Waals surface area contributed by atoms with E-state index >= 15 is 0 Å². The fraction of sp³-hybridized carbons (Fsp3) is 0.444. The van der Waals surface area contributed by atoms with E-state index in [0.29, 0.717) is 5.92 Å². The van der Waals surface area contributed by atoms with Crippen LogP contribution in [-0.4, -0.2) is 35.2 Å². The van der Waals surface area contributed by atoms with Crippen molar-refractivity contribution in [1.29, 1.82) is 0 Å². The summed E-state index contributed by atoms with van der Waals surface area (Å²) in [7, 11) is 0. The van der Waals surface area contributed by atoms with E-state index < -0.39 is 24.3 Å². The van der Waals surface area contributed by atoms with Crippen LogP contribution in [0.15, 0.2) is 91.0 Å². The summed E-state index contributed by atoms with van der Waals surface area (Å²) in [6, 6.07) is 28.9. The van der Waals surface area contributed by atoms with Gasteiger partial charge >= 0.3 is 12.1 Å². The Kier molecular flexibility index (Phi) is 8.53. The Morgan fingerprint density at radius 1 is 0.878 bits per heavy atom. The number of hydrogen-bond acceptors (Lipinski definition) is 4. The normalized spacial score (nSPS) is 24.9. The molecule has 5 rings (SSSR count). The Morgan fingerprint density at radius 3 is 1.95 bits per heavy atom. The molecule has 216 valence electrons. The van der Waals surface area contributed by atoms with Gasteiger partial charge in [-0.3, -0.25) is 4.90 Å². The van der Waals surface area contributed by atoms with Crippen molar-refractivity contribution < 1.29 is 19.1 Å². The molecule has 0 bridgehead atoms. The quantitative estimate of drug-likeness (QED) is 0.266. The highest BCUT2D eigenvalue weighted by atomic mass is 16.6. The molecular weight excluding hydrogens is 510 g/mol. The molecule has 1 amide bonds. The van der Waals surface area contributed by atoms with Gasteiger partial charge in [0.1, 0.15) is 12.2 Å². The first-order valence-corrected chi connectivity index (χ1v) is 15.0. The van der Waals surface area contributed by atoms with Gasteiger partial charge in [0.15, 0.2) is 6.04 Å². The summed E-state index contributed by atoms with van der Waals surface area (Å²) in [4.78, 5) is 29.6. The van der Waals surface area contributed by atoms with Gasteiger partial charge in [-0.25, -0.2) is 9.59 Å². The summed E-state index contributed by atoms with van der Waals surface area (Å²) in [5.41, 5.74) is 2.91. The van der Waals surface area contributed by atoms with E-state index in [0.717, 1.165) is 30.4 Å². The number of carbonyl (C=O) groups excluding carboxylic acids is 2. The van der Waals surface area contributed by atoms with Crippen LogP contribution >= 0.6 is 0 Å². The first-order valence-electron chi connectivity index (χ1n) is 15.0. The molecule has 5 nitrogen and oxygen atoms in total. The topological polar surface area (TPSA) is 55.8 Å². The van der Waals surface area contributed by atoms with Crippen LogP contribution in [0.4, 0.5) is 4.79 Å². The number of nitrogens with zero attached hydrogens (tertiary/aromatic N) is 1. The fourth-order valence-electron chi connectivity index (χ4n) is 6.90. The molecule has 3 aromatic carbocycles. The van der Waals surface area contributed by atoms with Gasteiger partial charge in [-0.2, -0.15) is 0 Å². The van der Waals surface area contributed by atoms with Crippen molar-refractivity contribution in [2.45, 2.75) is 83.6 Å². The second-order valence-electron chi connectivity index (χ2n) is 12.8. The number of carbonyl (C=O) groups is 2. The maximum atomic E-state index is 14.4. The number of esters is 1. The van der Waals surface area contributed by atoms with E-state index in [4.69, 9.17) is 9.47 Å². The average Bonchev–Trinajstić information content (AvgIpc) is 3.32. The highest BCUT2D eigenvalue weighted by molar-refractivity contribution is 5.86. The Bertz CT molecular complexity index is 1270. The highest BCUT2D eigenvalue weighted by Gasteiger charge is 2.53. The number of cyclic esters (lactones) is 1. The average molecular weight is 554 g/mol. The molecule has 0 aromatic heterocycles. The van der Waals surface area contributed by atoms with Crippen molar-refractivity contribution >= 4 is 12.1 Å². The molecule has 0 spiro atoms. The van der Waals surface area contributed by atoms with Crippen LogP contribution in [0, 0.1) is 17.8 Å². The Morgan fingerprint density at radius 2 is 1.41 bits per heavy atom. The van der Waals surface area contributed by atoms with Crippen molar-refractivity contribution in [2.75, 3.05) is 0 Å². The van der Waals surface area contributed by atoms with E-state index in [1.807, 2.05) is 80.6 Å². The van der Waals surface area contributed by atoms with Gasteiger partial charge < -0.3 is 9.47 Å². The third-order valence-electron chi connectivity index (χ3n) is 9.23. The maximum Gasteiger partial charge on any atom is 0.411 e. The van der Waals surface area contributed by atoms with Crippen molar-refractivity contribution in [3.63, 3.8) is 0 Å². The number of rotatable bonds is 8. The molecule has 2 fully saturated rings. The summed E-state index contributed by atoms with van der Waals surface area (Å²) in [6.07, 6.45) is 1.55. The first-order chi connectivity index (χ1) is 19.7. The third-order valence-corrected chi connectivity index (χ3v) is 9.23. The SMILES string of the molecule is CC(C)C1OC(=O)N(C(c2ccccc2)c2ccccc2)C1C(=O)O[C@H]1C[C@H](C)CC[C@H]1C(C)(C)c1ccccc1. The van der Waals surface area contributed by atoms with Crippen LogP contribution in [0.5, 0.6) is 0 Å². The minimum Gasteiger partial charge on any atom is -0.460 e. The lowest BCUT2D eigenvalue weighted by Gasteiger charge is -2.44. The third kappa shape index (κ3) is 5.91. The maximum absolute atomic E-state index is 14.4. The molecule has 5 heteroatoms. The van der Waals surface area contributed by atoms with Crippen LogP contribution in [0.1, 0.15) is 76.6 Å². The van der Waals surface area contributed by atoms with Gasteiger partial charge in [-0.1, -0.05) is 132 Å². The lowest BCUT2D eigenvalue weighted by molar-refractivity contribution is -0.163. The summed E-state index contributed by atoms with van der Waals surface area (Å²) < 4.78 is 12.5. The number of ether oxygens (including phenoxy) is 2. The largest absolute Gasteiger partial charge is 0.460 e. The fourth-order valence-corrected chi connectivity index (χ4v) is 6.90. The zero-order valence-corrected chi connectivity index (χ0v) is 24.9. The van der Waals surface area contributed by atoms with Crippen molar-refractivity contribution in [2.24, 2.45) is 17.8 Å². The summed E-state index contributed by atoms with van der Waals surface area (Å²) in [6.45, 7) is 10.7. The van der Waals surface area contributed by atoms with Crippen molar-refractivity contribution in [1.82, 2.24) is 4.90 Å². The zero-order valence-electron chi connectivity index (χ0n) is 24.9. The first kappa shape index (κ1) is 28.9. The second-order valence-corrected chi connectivity index (χ2v) is 12.8. The highest BCUT2D eigenvalue weighted by Crippen LogP contribution is 2.45. The minimum atomic E-state index is -0.856. The molecular formula is C36H43NO4. The number of benzene rings is 3. The van der Waals surface area contributed by atoms with Gasteiger partial charge in [-0.15, -0.1) is 0 Å². The Balaban J connectivity index is 1.51. The molecule has 2 aliphatic rings. The number of hydrogen-bond donors (Lipinski definition) is 0. The molecule has 0 N–H and O–H groups in total. The van der Waals surface area contributed by atoms with Crippen LogP contribution < -0.4 is 0 Å². The zero-order chi connectivity index (χ0) is 29.1. The molecule has 1 aliphatic heterocycles. The lowest BCUT2D eigenvalue weighted by Crippen LogP contribution is -2.50. The predicted octanol–water partition coefficient (Wildman–Crippen LogP) is 7.95. The Labute approximate surface area is 244 Å². The van der Waals surface area contributed by atoms with Crippen LogP contribution in [-0.2, 0) is 19.7 Å². The lowest BCUT2D eigenvalue weighted by atomic mass is 9.64. The van der Waals surface area contributed by atoms with Crippen molar-refractivity contribution in [3.8, 4) is 0 Å². The van der Waals surface area contributed by atoms with E-state index in [1.54, 1.807) is 4.90 Å². The van der Waals surface area contributed by atoms with Gasteiger partial charge in [0.05, 0.1) is 6.04 Å². The predicted molar refractivity (Wildman–Crippen MR) is 161 cm³/mol. The van der Waals surface area contributed by atoms with Crippen LogP contribution in [0.3, 0.4) is 0 Å². The second kappa shape index (κ2) is 12.1. The molecule has 5 atom stereocenters. The summed E-state index contributed by atoms with van der Waals surface area (Å²) in [5.74, 6) is 0.179. The summed E-state index contributed by atoms with van der Waals surface area (Å²) in [5, 5.41) is 0. The molecule has 3 aromatic rings. The number of amides is 1. The molecule has 1 heterocycles. The van der Waals surface area contributed by atoms with E-state index in [2.05, 4.69) is 45.0 Å². The molecule has 1 aliphatic carbocycles. The monoisotopic (exact) mass is 553 g/mol. The minimum absolute atomic E-state index is 0.0597. The summed E-state index contributed by atoms with van der Waals surface area (Å²) >= 11 is 0. The van der Waals surface area contributed by atoms with E-state index in [1.165, 1.54) is 5.56 Å². The molecule has 1 saturated heterocycles. The molecule has 0 radical (unpaired) electrons. The molecule has 41 heavy (non-hydrogen) atoms. The smallest absolute Gasteiger partial charge is 0.411 e. The standard InChI is InChI=1S/C36H43NO4/c1-24(2)33-32(37(35(39)41-33)31(26-15-9-6-10-16-26)27-17-11-7-12-18-27)34(38)40-30-23-25(3)21-22-29(30)36(4,5)28-19-13-8-14-20-28/h6-20,24-25,29-33H,21-23H2,1-5H3/t25-,29-,30+,32?,33?/m1/s1. The van der Waals surface area contributed by atoms with Gasteiger partial charge in [0.2, 0.25) is 0 Å². The Hall–Kier alpha value is -3.60. The van der Waals surface area contributed by atoms with Crippen LogP contribution in [0.25, 0.3) is 0 Å². The van der Waals surface area contributed by atoms with Crippen LogP contribution in [0.2, 0.25) is 0 Å². The molecule has 1 saturated carbocycles. The van der Waals surface area contributed by atoms with Gasteiger partial charge in [0.25, 0.3) is 0 Å². The van der Waals surface area contributed by atoms with Gasteiger partial charge in [-0.05, 0) is 46.8 Å². The van der Waals surface area contributed by atoms with Crippen molar-refractivity contribution in [3.05, 3.63) is 108 Å². The van der Waals surface area contributed by atoms with E-state index in [-0.39, 0.29) is 29.3 Å². The molecule has 2 unspecified atom stereocenters. The van der Waals surface area contributed by atoms with Gasteiger partial charge in [0, 0.05) is 5.92 Å².